The molecule has 1 N–H and O–H groups in total. The third kappa shape index (κ3) is 2.27. The maximum Gasteiger partial charge on any atom is 0.246 e. The van der Waals surface area contributed by atoms with Crippen molar-refractivity contribution in [3.05, 3.63) is 0 Å². The van der Waals surface area contributed by atoms with E-state index in [2.05, 4.69) is 5.32 Å². The van der Waals surface area contributed by atoms with Crippen LogP contribution >= 0.6 is 0 Å². The van der Waals surface area contributed by atoms with E-state index < -0.39 is 5.54 Å². The molecule has 2 bridgehead atoms. The molecule has 2 saturated carbocycles. The van der Waals surface area contributed by atoms with Gasteiger partial charge >= 0.3 is 0 Å². The molecule has 5 unspecified atom stereocenters. The lowest BCUT2D eigenvalue weighted by molar-refractivity contribution is -0.158. The number of nitrogens with one attached hydrogen (secondary N) is 1. The third-order valence-electron chi connectivity index (χ3n) is 6.35. The van der Waals surface area contributed by atoms with Crippen molar-refractivity contribution < 1.29 is 9.59 Å². The summed E-state index contributed by atoms with van der Waals surface area (Å²) >= 11 is 0. The Morgan fingerprint density at radius 1 is 1.24 bits per heavy atom. The molecular weight excluding hydrogens is 264 g/mol. The highest BCUT2D eigenvalue weighted by Gasteiger charge is 2.50. The van der Waals surface area contributed by atoms with E-state index in [1.54, 1.807) is 0 Å². The maximum absolute atomic E-state index is 12.8. The monoisotopic (exact) mass is 292 g/mol. The smallest absolute Gasteiger partial charge is 0.246 e. The topological polar surface area (TPSA) is 49.4 Å². The van der Waals surface area contributed by atoms with Gasteiger partial charge in [-0.2, -0.15) is 0 Å². The third-order valence-corrected chi connectivity index (χ3v) is 6.35. The largest absolute Gasteiger partial charge is 0.342 e. The minimum Gasteiger partial charge on any atom is -0.342 e. The van der Waals surface area contributed by atoms with Gasteiger partial charge in [0, 0.05) is 6.54 Å². The average Bonchev–Trinajstić information content (AvgIpc) is 3.10. The molecule has 118 valence electrons. The summed E-state index contributed by atoms with van der Waals surface area (Å²) in [6.07, 6.45) is 6.66. The van der Waals surface area contributed by atoms with Crippen LogP contribution in [-0.4, -0.2) is 34.8 Å². The maximum atomic E-state index is 12.8. The number of hydrogen-bond donors (Lipinski definition) is 1. The van der Waals surface area contributed by atoms with Crippen LogP contribution in [0.4, 0.5) is 0 Å². The Labute approximate surface area is 127 Å². The summed E-state index contributed by atoms with van der Waals surface area (Å²) in [5, 5.41) is 2.92. The van der Waals surface area contributed by atoms with Crippen molar-refractivity contribution in [3.63, 3.8) is 0 Å². The van der Waals surface area contributed by atoms with Crippen LogP contribution in [0.1, 0.15) is 59.3 Å². The van der Waals surface area contributed by atoms with Gasteiger partial charge in [0.1, 0.15) is 11.6 Å². The molecule has 3 aliphatic rings. The van der Waals surface area contributed by atoms with Crippen molar-refractivity contribution in [1.29, 1.82) is 0 Å². The van der Waals surface area contributed by atoms with Crippen molar-refractivity contribution in [2.24, 2.45) is 17.8 Å². The lowest BCUT2D eigenvalue weighted by Crippen LogP contribution is -2.69. The minimum atomic E-state index is -0.662. The fourth-order valence-electron chi connectivity index (χ4n) is 4.68. The minimum absolute atomic E-state index is 0.0274. The Morgan fingerprint density at radius 3 is 2.52 bits per heavy atom. The summed E-state index contributed by atoms with van der Waals surface area (Å²) < 4.78 is 0. The Hall–Kier alpha value is -1.06. The van der Waals surface area contributed by atoms with Crippen LogP contribution < -0.4 is 5.32 Å². The Bertz CT molecular complexity index is 450. The zero-order valence-corrected chi connectivity index (χ0v) is 13.5. The summed E-state index contributed by atoms with van der Waals surface area (Å²) in [5.74, 6) is 2.43. The van der Waals surface area contributed by atoms with Crippen molar-refractivity contribution in [2.45, 2.75) is 70.9 Å². The molecular formula is C17H28N2O2. The lowest BCUT2D eigenvalue weighted by Gasteiger charge is -2.47. The predicted octanol–water partition coefficient (Wildman–Crippen LogP) is 2.33. The van der Waals surface area contributed by atoms with Gasteiger partial charge in [-0.25, -0.2) is 0 Å². The van der Waals surface area contributed by atoms with Gasteiger partial charge in [-0.05, 0) is 56.8 Å². The molecule has 1 aliphatic heterocycles. The first-order valence-corrected chi connectivity index (χ1v) is 8.62. The molecule has 2 amide bonds. The van der Waals surface area contributed by atoms with Crippen LogP contribution in [0.25, 0.3) is 0 Å². The lowest BCUT2D eigenvalue weighted by atomic mass is 9.84. The van der Waals surface area contributed by atoms with Crippen LogP contribution in [0.2, 0.25) is 0 Å². The molecule has 3 rings (SSSR count). The molecule has 21 heavy (non-hydrogen) atoms. The first-order valence-electron chi connectivity index (χ1n) is 8.62. The number of fused-ring (bicyclic) bond motifs is 2. The number of rotatable bonds is 4. The van der Waals surface area contributed by atoms with Crippen LogP contribution in [0.15, 0.2) is 0 Å². The molecule has 1 heterocycles. The number of hydrogen-bond acceptors (Lipinski definition) is 2. The van der Waals surface area contributed by atoms with Gasteiger partial charge < -0.3 is 10.2 Å². The highest BCUT2D eigenvalue weighted by atomic mass is 16.2. The molecule has 4 nitrogen and oxygen atoms in total. The first-order chi connectivity index (χ1) is 9.99. The zero-order chi connectivity index (χ0) is 15.2. The van der Waals surface area contributed by atoms with E-state index in [-0.39, 0.29) is 17.9 Å². The number of carbonyl (C=O) groups is 2. The molecule has 0 spiro atoms. The highest BCUT2D eigenvalue weighted by molar-refractivity contribution is 5.99. The second-order valence-corrected chi connectivity index (χ2v) is 7.45. The fourth-order valence-corrected chi connectivity index (χ4v) is 4.68. The van der Waals surface area contributed by atoms with Gasteiger partial charge in [0.2, 0.25) is 11.8 Å². The molecule has 3 fully saturated rings. The summed E-state index contributed by atoms with van der Waals surface area (Å²) in [4.78, 5) is 27.2. The molecule has 0 aromatic heterocycles. The number of nitrogens with zero attached hydrogens (tertiary/aromatic N) is 1. The average molecular weight is 292 g/mol. The SMILES string of the molecule is CCC1NC(=O)C(C)(CC)N(CC2CC3CCC2C3)C1=O. The molecule has 2 aliphatic carbocycles. The molecule has 4 heteroatoms. The van der Waals surface area contributed by atoms with Crippen LogP contribution in [0, 0.1) is 17.8 Å². The highest BCUT2D eigenvalue weighted by Crippen LogP contribution is 2.49. The van der Waals surface area contributed by atoms with Gasteiger partial charge in [-0.15, -0.1) is 0 Å². The molecule has 1 saturated heterocycles. The van der Waals surface area contributed by atoms with Crippen LogP contribution in [0.3, 0.4) is 0 Å². The second kappa shape index (κ2) is 5.29. The van der Waals surface area contributed by atoms with Crippen LogP contribution in [0.5, 0.6) is 0 Å². The van der Waals surface area contributed by atoms with Crippen LogP contribution in [-0.2, 0) is 9.59 Å². The van der Waals surface area contributed by atoms with Gasteiger partial charge in [0.15, 0.2) is 0 Å². The van der Waals surface area contributed by atoms with E-state index >= 15 is 0 Å². The van der Waals surface area contributed by atoms with Crippen molar-refractivity contribution in [3.8, 4) is 0 Å². The normalized spacial score (nSPS) is 42.5. The van der Waals surface area contributed by atoms with Gasteiger partial charge in [0.25, 0.3) is 0 Å². The standard InChI is InChI=1S/C17H28N2O2/c1-4-14-15(20)19(17(3,5-2)16(21)18-14)10-13-9-11-6-7-12(13)8-11/h11-14H,4-10H2,1-3H3,(H,18,21). The van der Waals surface area contributed by atoms with E-state index in [4.69, 9.17) is 0 Å². The first kappa shape index (κ1) is 14.9. The van der Waals surface area contributed by atoms with Gasteiger partial charge in [-0.3, -0.25) is 9.59 Å². The molecule has 0 aromatic carbocycles. The van der Waals surface area contributed by atoms with Crippen molar-refractivity contribution in [1.82, 2.24) is 10.2 Å². The van der Waals surface area contributed by atoms with Crippen molar-refractivity contribution in [2.75, 3.05) is 6.54 Å². The van der Waals surface area contributed by atoms with E-state index in [9.17, 15) is 9.59 Å². The number of carbonyl (C=O) groups excluding carboxylic acids is 2. The number of amides is 2. The Kier molecular flexibility index (Phi) is 3.74. The predicted molar refractivity (Wildman–Crippen MR) is 81.6 cm³/mol. The van der Waals surface area contributed by atoms with Gasteiger partial charge in [-0.1, -0.05) is 20.3 Å². The fraction of sp³-hybridized carbons (Fsp3) is 0.882. The van der Waals surface area contributed by atoms with Crippen molar-refractivity contribution >= 4 is 11.8 Å². The zero-order valence-electron chi connectivity index (χ0n) is 13.5. The Morgan fingerprint density at radius 2 is 2.00 bits per heavy atom. The quantitative estimate of drug-likeness (QED) is 0.864. The van der Waals surface area contributed by atoms with E-state index in [1.165, 1.54) is 25.7 Å². The summed E-state index contributed by atoms with van der Waals surface area (Å²) in [6, 6.07) is -0.323. The van der Waals surface area contributed by atoms with Gasteiger partial charge in [0.05, 0.1) is 0 Å². The van der Waals surface area contributed by atoms with E-state index in [1.807, 2.05) is 25.7 Å². The number of piperazine rings is 1. The summed E-state index contributed by atoms with van der Waals surface area (Å²) in [6.45, 7) is 6.69. The summed E-state index contributed by atoms with van der Waals surface area (Å²) in [5.41, 5.74) is -0.662. The van der Waals surface area contributed by atoms with E-state index in [0.717, 1.165) is 18.4 Å². The molecule has 0 aromatic rings. The second-order valence-electron chi connectivity index (χ2n) is 7.45. The molecule has 0 radical (unpaired) electrons. The summed E-state index contributed by atoms with van der Waals surface area (Å²) in [7, 11) is 0. The molecule has 5 atom stereocenters. The van der Waals surface area contributed by atoms with E-state index in [0.29, 0.717) is 18.8 Å². The Balaban J connectivity index is 1.81.